The third-order valence-electron chi connectivity index (χ3n) is 3.04. The zero-order valence-corrected chi connectivity index (χ0v) is 12.0. The summed E-state index contributed by atoms with van der Waals surface area (Å²) in [5.74, 6) is 1.35. The summed E-state index contributed by atoms with van der Waals surface area (Å²) in [6.45, 7) is 1.71. The Morgan fingerprint density at radius 3 is 2.68 bits per heavy atom. The second-order valence-corrected chi connectivity index (χ2v) is 4.76. The molecule has 0 saturated heterocycles. The second-order valence-electron chi connectivity index (χ2n) is 4.76. The van der Waals surface area contributed by atoms with Crippen LogP contribution in [0.15, 0.2) is 61.1 Å². The van der Waals surface area contributed by atoms with Crippen LogP contribution in [0.1, 0.15) is 5.56 Å². The van der Waals surface area contributed by atoms with Gasteiger partial charge in [0.2, 0.25) is 0 Å². The lowest BCUT2D eigenvalue weighted by atomic mass is 10.2. The van der Waals surface area contributed by atoms with Crippen molar-refractivity contribution in [2.45, 2.75) is 6.92 Å². The lowest BCUT2D eigenvalue weighted by Gasteiger charge is -2.09. The fraction of sp³-hybridized carbons (Fsp3) is 0.0588. The molecule has 0 fully saturated rings. The molecule has 2 aromatic heterocycles. The summed E-state index contributed by atoms with van der Waals surface area (Å²) >= 11 is 0. The van der Waals surface area contributed by atoms with E-state index >= 15 is 0 Å². The third-order valence-corrected chi connectivity index (χ3v) is 3.04. The maximum absolute atomic E-state index is 13.5. The molecule has 0 aliphatic carbocycles. The van der Waals surface area contributed by atoms with Crippen LogP contribution >= 0.6 is 0 Å². The van der Waals surface area contributed by atoms with Gasteiger partial charge in [0.1, 0.15) is 23.1 Å². The summed E-state index contributed by atoms with van der Waals surface area (Å²) in [6.07, 6.45) is 5.02. The number of halogens is 1. The van der Waals surface area contributed by atoms with Crippen LogP contribution in [0.2, 0.25) is 0 Å². The lowest BCUT2D eigenvalue weighted by Crippen LogP contribution is -1.94. The highest BCUT2D eigenvalue weighted by molar-refractivity contribution is 5.56. The van der Waals surface area contributed by atoms with Crippen LogP contribution in [0.3, 0.4) is 0 Å². The number of nitrogens with zero attached hydrogens (tertiary/aromatic N) is 2. The van der Waals surface area contributed by atoms with Gasteiger partial charge in [-0.2, -0.15) is 0 Å². The molecule has 0 amide bonds. The molecule has 110 valence electrons. The van der Waals surface area contributed by atoms with Gasteiger partial charge in [0.25, 0.3) is 0 Å². The number of benzene rings is 1. The zero-order valence-electron chi connectivity index (χ0n) is 12.0. The number of pyridine rings is 2. The molecule has 0 spiro atoms. The number of ether oxygens (including phenoxy) is 1. The van der Waals surface area contributed by atoms with Gasteiger partial charge in [-0.3, -0.25) is 4.98 Å². The van der Waals surface area contributed by atoms with Gasteiger partial charge in [-0.25, -0.2) is 9.37 Å². The summed E-state index contributed by atoms with van der Waals surface area (Å²) in [5, 5.41) is 3.12. The number of anilines is 2. The van der Waals surface area contributed by atoms with Crippen molar-refractivity contribution in [3.63, 3.8) is 0 Å². The highest BCUT2D eigenvalue weighted by Gasteiger charge is 2.04. The molecule has 0 unspecified atom stereocenters. The van der Waals surface area contributed by atoms with Crippen LogP contribution in [0.4, 0.5) is 15.9 Å². The number of aryl methyl sites for hydroxylation is 1. The van der Waals surface area contributed by atoms with Crippen LogP contribution in [-0.4, -0.2) is 9.97 Å². The Morgan fingerprint density at radius 1 is 1.05 bits per heavy atom. The maximum atomic E-state index is 13.5. The van der Waals surface area contributed by atoms with E-state index in [1.54, 1.807) is 49.8 Å². The van der Waals surface area contributed by atoms with Gasteiger partial charge in [0, 0.05) is 24.5 Å². The fourth-order valence-electron chi connectivity index (χ4n) is 1.90. The predicted octanol–water partition coefficient (Wildman–Crippen LogP) is 4.46. The van der Waals surface area contributed by atoms with Gasteiger partial charge in [0.05, 0.1) is 11.9 Å². The monoisotopic (exact) mass is 295 g/mol. The van der Waals surface area contributed by atoms with E-state index in [1.807, 2.05) is 12.1 Å². The molecule has 0 aliphatic rings. The van der Waals surface area contributed by atoms with Crippen molar-refractivity contribution in [2.24, 2.45) is 0 Å². The topological polar surface area (TPSA) is 47.0 Å². The first-order valence-corrected chi connectivity index (χ1v) is 6.78. The summed E-state index contributed by atoms with van der Waals surface area (Å²) in [5.41, 5.74) is 1.41. The SMILES string of the molecule is Cc1ccc(Oc2ccnc(Nc3cccnc3)c2)cc1F. The van der Waals surface area contributed by atoms with Crippen molar-refractivity contribution in [2.75, 3.05) is 5.32 Å². The number of hydrogen-bond donors (Lipinski definition) is 1. The second kappa shape index (κ2) is 6.22. The molecule has 4 nitrogen and oxygen atoms in total. The minimum absolute atomic E-state index is 0.291. The Bertz CT molecular complexity index is 778. The molecule has 0 atom stereocenters. The van der Waals surface area contributed by atoms with Gasteiger partial charge in [-0.15, -0.1) is 0 Å². The van der Waals surface area contributed by atoms with E-state index in [0.29, 0.717) is 22.9 Å². The number of aromatic nitrogens is 2. The number of nitrogens with one attached hydrogen (secondary N) is 1. The molecule has 0 aliphatic heterocycles. The smallest absolute Gasteiger partial charge is 0.134 e. The highest BCUT2D eigenvalue weighted by atomic mass is 19.1. The molecule has 0 saturated carbocycles. The first-order valence-electron chi connectivity index (χ1n) is 6.78. The molecule has 1 N–H and O–H groups in total. The molecule has 3 aromatic rings. The van der Waals surface area contributed by atoms with E-state index in [4.69, 9.17) is 4.74 Å². The largest absolute Gasteiger partial charge is 0.457 e. The average molecular weight is 295 g/mol. The first kappa shape index (κ1) is 14.0. The molecule has 3 rings (SSSR count). The molecule has 1 aromatic carbocycles. The minimum atomic E-state index is -0.291. The van der Waals surface area contributed by atoms with E-state index in [0.717, 1.165) is 5.69 Å². The van der Waals surface area contributed by atoms with Crippen molar-refractivity contribution in [1.29, 1.82) is 0 Å². The van der Waals surface area contributed by atoms with Crippen LogP contribution in [0.5, 0.6) is 11.5 Å². The summed E-state index contributed by atoms with van der Waals surface area (Å²) in [7, 11) is 0. The Balaban J connectivity index is 1.77. The Kier molecular flexibility index (Phi) is 3.96. The molecule has 0 radical (unpaired) electrons. The third kappa shape index (κ3) is 3.38. The lowest BCUT2D eigenvalue weighted by molar-refractivity contribution is 0.475. The van der Waals surface area contributed by atoms with Crippen LogP contribution < -0.4 is 10.1 Å². The van der Waals surface area contributed by atoms with Crippen LogP contribution in [0, 0.1) is 12.7 Å². The first-order chi connectivity index (χ1) is 10.7. The maximum Gasteiger partial charge on any atom is 0.134 e. The highest BCUT2D eigenvalue weighted by Crippen LogP contribution is 2.25. The number of rotatable bonds is 4. The molecular weight excluding hydrogens is 281 g/mol. The van der Waals surface area contributed by atoms with Crippen molar-refractivity contribution >= 4 is 11.5 Å². The Hall–Kier alpha value is -2.95. The zero-order chi connectivity index (χ0) is 15.4. The Labute approximate surface area is 127 Å². The van der Waals surface area contributed by atoms with Gasteiger partial charge >= 0.3 is 0 Å². The quantitative estimate of drug-likeness (QED) is 0.772. The van der Waals surface area contributed by atoms with E-state index in [9.17, 15) is 4.39 Å². The van der Waals surface area contributed by atoms with Gasteiger partial charge in [0.15, 0.2) is 0 Å². The molecule has 22 heavy (non-hydrogen) atoms. The van der Waals surface area contributed by atoms with Crippen LogP contribution in [0.25, 0.3) is 0 Å². The van der Waals surface area contributed by atoms with E-state index in [1.165, 1.54) is 6.07 Å². The van der Waals surface area contributed by atoms with E-state index < -0.39 is 0 Å². The van der Waals surface area contributed by atoms with E-state index in [-0.39, 0.29) is 5.82 Å². The Morgan fingerprint density at radius 2 is 1.91 bits per heavy atom. The van der Waals surface area contributed by atoms with E-state index in [2.05, 4.69) is 15.3 Å². The molecule has 5 heteroatoms. The molecular formula is C17H14FN3O. The van der Waals surface area contributed by atoms with Crippen molar-refractivity contribution in [3.05, 3.63) is 72.4 Å². The van der Waals surface area contributed by atoms with Gasteiger partial charge in [-0.05, 0) is 36.8 Å². The minimum Gasteiger partial charge on any atom is -0.457 e. The van der Waals surface area contributed by atoms with Crippen molar-refractivity contribution < 1.29 is 9.13 Å². The normalized spacial score (nSPS) is 10.3. The van der Waals surface area contributed by atoms with Crippen molar-refractivity contribution in [1.82, 2.24) is 9.97 Å². The summed E-state index contributed by atoms with van der Waals surface area (Å²) in [4.78, 5) is 8.24. The summed E-state index contributed by atoms with van der Waals surface area (Å²) in [6, 6.07) is 11.9. The summed E-state index contributed by atoms with van der Waals surface area (Å²) < 4.78 is 19.2. The standard InChI is InChI=1S/C17H14FN3O/c1-12-4-5-14(9-16(12)18)22-15-6-8-20-17(10-15)21-13-3-2-7-19-11-13/h2-11H,1H3,(H,20,21). The van der Waals surface area contributed by atoms with Crippen LogP contribution in [-0.2, 0) is 0 Å². The van der Waals surface area contributed by atoms with Gasteiger partial charge < -0.3 is 10.1 Å². The predicted molar refractivity (Wildman–Crippen MR) is 83.0 cm³/mol. The number of hydrogen-bond acceptors (Lipinski definition) is 4. The van der Waals surface area contributed by atoms with Crippen molar-refractivity contribution in [3.8, 4) is 11.5 Å². The fourth-order valence-corrected chi connectivity index (χ4v) is 1.90. The van der Waals surface area contributed by atoms with Gasteiger partial charge in [-0.1, -0.05) is 6.07 Å². The average Bonchev–Trinajstić information content (AvgIpc) is 2.52. The molecule has 0 bridgehead atoms. The molecule has 2 heterocycles.